The summed E-state index contributed by atoms with van der Waals surface area (Å²) in [5.41, 5.74) is -0.444. The van der Waals surface area contributed by atoms with E-state index < -0.39 is 5.60 Å². The molecule has 1 saturated heterocycles. The van der Waals surface area contributed by atoms with E-state index in [1.165, 1.54) is 17.7 Å². The number of ether oxygens (including phenoxy) is 1. The van der Waals surface area contributed by atoms with Gasteiger partial charge in [0.05, 0.1) is 0 Å². The normalized spacial score (nSPS) is 21.4. The number of carbonyl (C=O) groups excluding carboxylic acids is 1. The van der Waals surface area contributed by atoms with E-state index >= 15 is 0 Å². The second-order valence-corrected chi connectivity index (χ2v) is 7.94. The third kappa shape index (κ3) is 4.99. The van der Waals surface area contributed by atoms with Gasteiger partial charge in [0, 0.05) is 23.5 Å². The predicted molar refractivity (Wildman–Crippen MR) is 91.3 cm³/mol. The summed E-state index contributed by atoms with van der Waals surface area (Å²) in [6.07, 6.45) is 3.28. The fourth-order valence-electron chi connectivity index (χ4n) is 2.96. The van der Waals surface area contributed by atoms with Crippen molar-refractivity contribution in [3.63, 3.8) is 0 Å². The topological polar surface area (TPSA) is 41.6 Å². The van der Waals surface area contributed by atoms with Crippen LogP contribution in [0.25, 0.3) is 0 Å². The fourth-order valence-corrected chi connectivity index (χ4v) is 3.76. The molecular formula is C17H28N2O2S. The minimum absolute atomic E-state index is 0.318. The molecule has 0 radical (unpaired) electrons. The Morgan fingerprint density at radius 3 is 2.91 bits per heavy atom. The van der Waals surface area contributed by atoms with Gasteiger partial charge in [-0.1, -0.05) is 12.5 Å². The van der Waals surface area contributed by atoms with Crippen molar-refractivity contribution in [1.82, 2.24) is 10.2 Å². The molecule has 2 atom stereocenters. The van der Waals surface area contributed by atoms with Gasteiger partial charge in [-0.15, -0.1) is 11.3 Å². The number of rotatable bonds is 4. The largest absolute Gasteiger partial charge is 0.444 e. The first-order valence-electron chi connectivity index (χ1n) is 8.13. The van der Waals surface area contributed by atoms with E-state index in [2.05, 4.69) is 34.7 Å². The number of hydrogen-bond acceptors (Lipinski definition) is 4. The number of piperidine rings is 1. The van der Waals surface area contributed by atoms with Gasteiger partial charge in [0.25, 0.3) is 0 Å². The molecule has 1 aliphatic rings. The summed E-state index contributed by atoms with van der Waals surface area (Å²) < 4.78 is 5.33. The van der Waals surface area contributed by atoms with Gasteiger partial charge in [0.1, 0.15) is 5.60 Å². The lowest BCUT2D eigenvalue weighted by molar-refractivity contribution is 0.0473. The lowest BCUT2D eigenvalue weighted by atomic mass is 9.99. The number of hydrogen-bond donors (Lipinski definition) is 1. The van der Waals surface area contributed by atoms with E-state index in [0.717, 1.165) is 13.0 Å². The zero-order valence-corrected chi connectivity index (χ0v) is 14.9. The van der Waals surface area contributed by atoms with Crippen LogP contribution >= 0.6 is 11.3 Å². The maximum atomic E-state index is 11.9. The van der Waals surface area contributed by atoms with Gasteiger partial charge in [-0.2, -0.15) is 0 Å². The summed E-state index contributed by atoms with van der Waals surface area (Å²) in [6.45, 7) is 9.68. The molecule has 1 aliphatic heterocycles. The van der Waals surface area contributed by atoms with E-state index in [0.29, 0.717) is 18.6 Å². The lowest BCUT2D eigenvalue weighted by Crippen LogP contribution is -2.48. The van der Waals surface area contributed by atoms with Gasteiger partial charge in [-0.25, -0.2) is 4.79 Å². The summed E-state index contributed by atoms with van der Waals surface area (Å²) in [5.74, 6) is 0. The summed E-state index contributed by atoms with van der Waals surface area (Å²) in [5, 5.41) is 5.07. The highest BCUT2D eigenvalue weighted by molar-refractivity contribution is 7.10. The van der Waals surface area contributed by atoms with Gasteiger partial charge in [0.15, 0.2) is 0 Å². The summed E-state index contributed by atoms with van der Waals surface area (Å²) in [7, 11) is 0. The molecule has 1 aromatic rings. The maximum Gasteiger partial charge on any atom is 0.407 e. The van der Waals surface area contributed by atoms with Crippen molar-refractivity contribution in [2.45, 2.75) is 64.6 Å². The van der Waals surface area contributed by atoms with Gasteiger partial charge in [-0.05, 0) is 58.5 Å². The Hall–Kier alpha value is -1.07. The van der Waals surface area contributed by atoms with Crippen molar-refractivity contribution in [2.75, 3.05) is 13.1 Å². The van der Waals surface area contributed by atoms with Gasteiger partial charge >= 0.3 is 6.09 Å². The van der Waals surface area contributed by atoms with Crippen molar-refractivity contribution < 1.29 is 9.53 Å². The van der Waals surface area contributed by atoms with Crippen LogP contribution < -0.4 is 5.32 Å². The minimum atomic E-state index is -0.444. The molecule has 4 nitrogen and oxygen atoms in total. The van der Waals surface area contributed by atoms with Gasteiger partial charge < -0.3 is 10.1 Å². The average Bonchev–Trinajstić information content (AvgIpc) is 2.97. The Labute approximate surface area is 137 Å². The Balaban J connectivity index is 1.91. The molecule has 1 N–H and O–H groups in total. The number of thiophene rings is 1. The quantitative estimate of drug-likeness (QED) is 0.903. The maximum absolute atomic E-state index is 11.9. The molecule has 1 amide bonds. The average molecular weight is 324 g/mol. The second kappa shape index (κ2) is 7.47. The van der Waals surface area contributed by atoms with Crippen LogP contribution in [-0.4, -0.2) is 35.7 Å². The third-order valence-electron chi connectivity index (χ3n) is 4.01. The zero-order chi connectivity index (χ0) is 16.2. The van der Waals surface area contributed by atoms with Crippen LogP contribution in [0.2, 0.25) is 0 Å². The van der Waals surface area contributed by atoms with Crippen LogP contribution in [0.15, 0.2) is 17.5 Å². The Morgan fingerprint density at radius 2 is 2.27 bits per heavy atom. The van der Waals surface area contributed by atoms with Crippen molar-refractivity contribution in [1.29, 1.82) is 0 Å². The van der Waals surface area contributed by atoms with E-state index in [-0.39, 0.29) is 6.09 Å². The Kier molecular flexibility index (Phi) is 5.87. The molecule has 22 heavy (non-hydrogen) atoms. The lowest BCUT2D eigenvalue weighted by Gasteiger charge is -2.39. The van der Waals surface area contributed by atoms with Crippen LogP contribution in [0.5, 0.6) is 0 Å². The fraction of sp³-hybridized carbons (Fsp3) is 0.706. The van der Waals surface area contributed by atoms with Crippen LogP contribution in [0.1, 0.15) is 57.9 Å². The van der Waals surface area contributed by atoms with E-state index in [1.807, 2.05) is 20.8 Å². The molecule has 0 unspecified atom stereocenters. The Morgan fingerprint density at radius 1 is 1.50 bits per heavy atom. The van der Waals surface area contributed by atoms with Gasteiger partial charge in [-0.3, -0.25) is 4.90 Å². The molecule has 0 saturated carbocycles. The molecule has 0 spiro atoms. The van der Waals surface area contributed by atoms with Crippen LogP contribution in [-0.2, 0) is 4.74 Å². The molecule has 0 aromatic carbocycles. The van der Waals surface area contributed by atoms with E-state index in [4.69, 9.17) is 4.74 Å². The first kappa shape index (κ1) is 17.3. The smallest absolute Gasteiger partial charge is 0.407 e. The highest BCUT2D eigenvalue weighted by Gasteiger charge is 2.28. The van der Waals surface area contributed by atoms with E-state index in [9.17, 15) is 4.79 Å². The molecule has 2 heterocycles. The van der Waals surface area contributed by atoms with Crippen LogP contribution in [0.4, 0.5) is 4.79 Å². The van der Waals surface area contributed by atoms with Gasteiger partial charge in [0.2, 0.25) is 0 Å². The molecule has 5 heteroatoms. The molecule has 0 aliphatic carbocycles. The summed E-state index contributed by atoms with van der Waals surface area (Å²) in [6, 6.07) is 5.10. The molecule has 2 rings (SSSR count). The number of amides is 1. The number of nitrogens with one attached hydrogen (secondary N) is 1. The molecular weight excluding hydrogens is 296 g/mol. The highest BCUT2D eigenvalue weighted by atomic mass is 32.1. The first-order chi connectivity index (χ1) is 10.4. The molecule has 124 valence electrons. The summed E-state index contributed by atoms with van der Waals surface area (Å²) >= 11 is 1.81. The van der Waals surface area contributed by atoms with Crippen molar-refractivity contribution in [3.8, 4) is 0 Å². The minimum Gasteiger partial charge on any atom is -0.444 e. The van der Waals surface area contributed by atoms with Crippen LogP contribution in [0, 0.1) is 0 Å². The predicted octanol–water partition coefficient (Wildman–Crippen LogP) is 4.19. The molecule has 1 fully saturated rings. The van der Waals surface area contributed by atoms with Crippen LogP contribution in [0.3, 0.4) is 0 Å². The highest BCUT2D eigenvalue weighted by Crippen LogP contribution is 2.30. The van der Waals surface area contributed by atoms with E-state index in [1.54, 1.807) is 11.3 Å². The zero-order valence-electron chi connectivity index (χ0n) is 14.1. The number of carbonyl (C=O) groups is 1. The Bertz CT molecular complexity index is 468. The van der Waals surface area contributed by atoms with Crippen molar-refractivity contribution in [3.05, 3.63) is 22.4 Å². The van der Waals surface area contributed by atoms with Crippen molar-refractivity contribution in [2.24, 2.45) is 0 Å². The third-order valence-corrected chi connectivity index (χ3v) is 5.05. The number of alkyl carbamates (subject to hydrolysis) is 1. The first-order valence-corrected chi connectivity index (χ1v) is 9.01. The van der Waals surface area contributed by atoms with Crippen molar-refractivity contribution >= 4 is 17.4 Å². The number of nitrogens with zero attached hydrogens (tertiary/aromatic N) is 1. The number of likely N-dealkylation sites (tertiary alicyclic amines) is 1. The molecule has 0 bridgehead atoms. The monoisotopic (exact) mass is 324 g/mol. The SMILES string of the molecule is C[C@@H](c1cccs1)N1CCCC[C@@H]1CNC(=O)OC(C)(C)C. The standard InChI is InChI=1S/C17H28N2O2S/c1-13(15-9-7-11-22-15)19-10-6-5-8-14(19)12-18-16(20)21-17(2,3)4/h7,9,11,13-14H,5-6,8,10,12H2,1-4H3,(H,18,20)/t13-,14+/m0/s1. The summed E-state index contributed by atoms with van der Waals surface area (Å²) in [4.78, 5) is 15.8. The molecule has 1 aromatic heterocycles. The second-order valence-electron chi connectivity index (χ2n) is 6.96.